The molecule has 0 aliphatic carbocycles. The van der Waals surface area contributed by atoms with Crippen molar-refractivity contribution >= 4 is 39.5 Å². The first-order valence-electron chi connectivity index (χ1n) is 40.5. The molecule has 0 aromatic rings. The number of carbonyl (C=O) groups excluding carboxylic acids is 4. The predicted octanol–water partition coefficient (Wildman–Crippen LogP) is 23.1. The van der Waals surface area contributed by atoms with Gasteiger partial charge in [-0.2, -0.15) is 0 Å². The summed E-state index contributed by atoms with van der Waals surface area (Å²) in [4.78, 5) is 72.9. The van der Waals surface area contributed by atoms with E-state index in [-0.39, 0.29) is 25.7 Å². The molecule has 0 fully saturated rings. The van der Waals surface area contributed by atoms with Crippen LogP contribution < -0.4 is 0 Å². The molecule has 0 amide bonds. The Kier molecular flexibility index (Phi) is 68.4. The van der Waals surface area contributed by atoms with Crippen LogP contribution in [0.3, 0.4) is 0 Å². The molecule has 6 atom stereocenters. The molecule has 0 saturated carbocycles. The van der Waals surface area contributed by atoms with Crippen molar-refractivity contribution in [1.82, 2.24) is 0 Å². The maximum atomic E-state index is 13.1. The molecule has 0 heterocycles. The number of carbonyl (C=O) groups is 4. The molecule has 97 heavy (non-hydrogen) atoms. The first-order valence-corrected chi connectivity index (χ1v) is 43.5. The molecule has 3 unspecified atom stereocenters. The molecule has 19 heteroatoms. The van der Waals surface area contributed by atoms with E-state index in [2.05, 4.69) is 41.5 Å². The van der Waals surface area contributed by atoms with Gasteiger partial charge < -0.3 is 33.8 Å². The van der Waals surface area contributed by atoms with Crippen LogP contribution >= 0.6 is 15.6 Å². The molecule has 3 N–H and O–H groups in total. The summed E-state index contributed by atoms with van der Waals surface area (Å²) in [6.45, 7) is 9.66. The van der Waals surface area contributed by atoms with Crippen molar-refractivity contribution in [1.29, 1.82) is 0 Å². The number of aliphatic hydroxyl groups excluding tert-OH is 1. The van der Waals surface area contributed by atoms with Crippen molar-refractivity contribution in [3.8, 4) is 0 Å². The topological polar surface area (TPSA) is 237 Å². The first-order chi connectivity index (χ1) is 46.9. The molecule has 576 valence electrons. The molecule has 0 saturated heterocycles. The smallest absolute Gasteiger partial charge is 0.462 e. The van der Waals surface area contributed by atoms with Gasteiger partial charge in [-0.1, -0.05) is 356 Å². The monoisotopic (exact) mass is 1420 g/mol. The number of ether oxygens (including phenoxy) is 4. The highest BCUT2D eigenvalue weighted by Crippen LogP contribution is 2.45. The third kappa shape index (κ3) is 70.9. The fourth-order valence-corrected chi connectivity index (χ4v) is 13.6. The Morgan fingerprint density at radius 3 is 0.784 bits per heavy atom. The van der Waals surface area contributed by atoms with Crippen LogP contribution in [0.4, 0.5) is 0 Å². The number of phosphoric ester groups is 2. The predicted molar refractivity (Wildman–Crippen MR) is 395 cm³/mol. The van der Waals surface area contributed by atoms with Crippen molar-refractivity contribution < 1.29 is 80.2 Å². The largest absolute Gasteiger partial charge is 0.472 e. The van der Waals surface area contributed by atoms with E-state index in [1.807, 2.05) is 0 Å². The molecule has 0 aliphatic rings. The van der Waals surface area contributed by atoms with Crippen LogP contribution in [0, 0.1) is 11.8 Å². The van der Waals surface area contributed by atoms with Gasteiger partial charge in [-0.25, -0.2) is 9.13 Å². The van der Waals surface area contributed by atoms with Crippen molar-refractivity contribution in [2.75, 3.05) is 39.6 Å². The van der Waals surface area contributed by atoms with Gasteiger partial charge in [0.2, 0.25) is 0 Å². The molecular formula is C78H152O17P2. The van der Waals surface area contributed by atoms with E-state index in [4.69, 9.17) is 37.0 Å². The second kappa shape index (κ2) is 69.8. The quantitative estimate of drug-likeness (QED) is 0.0222. The summed E-state index contributed by atoms with van der Waals surface area (Å²) in [5, 5.41) is 10.6. The second-order valence-electron chi connectivity index (χ2n) is 28.8. The molecule has 0 radical (unpaired) electrons. The summed E-state index contributed by atoms with van der Waals surface area (Å²) in [6.07, 6.45) is 58.1. The normalized spacial score (nSPS) is 14.2. The minimum absolute atomic E-state index is 0.106. The van der Waals surface area contributed by atoms with Crippen LogP contribution in [-0.2, 0) is 65.4 Å². The van der Waals surface area contributed by atoms with Crippen LogP contribution in [0.5, 0.6) is 0 Å². The fraction of sp³-hybridized carbons (Fsp3) is 0.949. The highest BCUT2D eigenvalue weighted by molar-refractivity contribution is 7.47. The number of esters is 4. The van der Waals surface area contributed by atoms with Gasteiger partial charge in [0.15, 0.2) is 12.2 Å². The maximum absolute atomic E-state index is 13.1. The Labute approximate surface area is 594 Å². The number of rotatable bonds is 77. The summed E-state index contributed by atoms with van der Waals surface area (Å²) in [5.74, 6) is -0.500. The van der Waals surface area contributed by atoms with Crippen LogP contribution in [0.2, 0.25) is 0 Å². The minimum atomic E-state index is -4.96. The van der Waals surface area contributed by atoms with Gasteiger partial charge in [0.05, 0.1) is 26.4 Å². The van der Waals surface area contributed by atoms with E-state index < -0.39 is 97.5 Å². The molecule has 0 aliphatic heterocycles. The van der Waals surface area contributed by atoms with Crippen molar-refractivity contribution in [3.05, 3.63) is 0 Å². The molecule has 17 nitrogen and oxygen atoms in total. The molecule has 0 aromatic heterocycles. The number of unbranched alkanes of at least 4 members (excludes halogenated alkanes) is 46. The first kappa shape index (κ1) is 95.1. The average molecular weight is 1420 g/mol. The van der Waals surface area contributed by atoms with E-state index >= 15 is 0 Å². The molecular weight excluding hydrogens is 1270 g/mol. The van der Waals surface area contributed by atoms with Gasteiger partial charge in [-0.15, -0.1) is 0 Å². The lowest BCUT2D eigenvalue weighted by atomic mass is 9.99. The zero-order valence-corrected chi connectivity index (χ0v) is 65.2. The van der Waals surface area contributed by atoms with E-state index in [0.29, 0.717) is 25.7 Å². The fourth-order valence-electron chi connectivity index (χ4n) is 12.0. The van der Waals surface area contributed by atoms with Crippen LogP contribution in [0.25, 0.3) is 0 Å². The molecule has 0 spiro atoms. The molecule has 0 rings (SSSR count). The zero-order valence-electron chi connectivity index (χ0n) is 63.4. The van der Waals surface area contributed by atoms with Crippen LogP contribution in [-0.4, -0.2) is 96.7 Å². The maximum Gasteiger partial charge on any atom is 0.472 e. The van der Waals surface area contributed by atoms with Crippen LogP contribution in [0.15, 0.2) is 0 Å². The van der Waals surface area contributed by atoms with Gasteiger partial charge in [-0.3, -0.25) is 37.3 Å². The Morgan fingerprint density at radius 1 is 0.299 bits per heavy atom. The zero-order chi connectivity index (χ0) is 71.4. The van der Waals surface area contributed by atoms with Gasteiger partial charge in [0.1, 0.15) is 19.3 Å². The number of hydrogen-bond acceptors (Lipinski definition) is 15. The highest BCUT2D eigenvalue weighted by atomic mass is 31.2. The van der Waals surface area contributed by atoms with E-state index in [1.54, 1.807) is 0 Å². The Morgan fingerprint density at radius 2 is 0.526 bits per heavy atom. The second-order valence-corrected chi connectivity index (χ2v) is 31.7. The average Bonchev–Trinajstić information content (AvgIpc) is 1.70. The summed E-state index contributed by atoms with van der Waals surface area (Å²) < 4.78 is 68.6. The standard InChI is InChI=1S/C78H152O17P2/c1-7-10-12-14-16-18-19-20-23-27-30-37-43-49-55-61-76(81)89-67-74(94-77(82)62-56-50-44-38-31-28-25-22-21-24-26-29-35-40-46-52-58-70(4)5)69-93-97(86,87)91-65-72(79)64-90-96(84,85)92-68-73(66-88-75(80)60-54-48-42-34-17-15-13-11-8-2)95-78(83)63-57-51-45-39-33-32-36-41-47-53-59-71(6)9-3/h70-74,79H,7-69H2,1-6H3,(H,84,85)(H,86,87)/t71?,72-,73+,74+/m0/s1. The summed E-state index contributed by atoms with van der Waals surface area (Å²) in [6, 6.07) is 0. The lowest BCUT2D eigenvalue weighted by Crippen LogP contribution is -2.30. The Hall–Kier alpha value is -1.94. The van der Waals surface area contributed by atoms with Crippen LogP contribution in [0.1, 0.15) is 408 Å². The summed E-state index contributed by atoms with van der Waals surface area (Å²) in [5.41, 5.74) is 0. The number of aliphatic hydroxyl groups is 1. The van der Waals surface area contributed by atoms with Gasteiger partial charge in [0.25, 0.3) is 0 Å². The Bertz CT molecular complexity index is 1870. The molecule has 0 bridgehead atoms. The Balaban J connectivity index is 5.23. The summed E-state index contributed by atoms with van der Waals surface area (Å²) in [7, 11) is -9.91. The lowest BCUT2D eigenvalue weighted by Gasteiger charge is -2.21. The lowest BCUT2D eigenvalue weighted by molar-refractivity contribution is -0.161. The van der Waals surface area contributed by atoms with E-state index in [9.17, 15) is 43.2 Å². The van der Waals surface area contributed by atoms with Crippen molar-refractivity contribution in [2.24, 2.45) is 11.8 Å². The highest BCUT2D eigenvalue weighted by Gasteiger charge is 2.30. The van der Waals surface area contributed by atoms with Gasteiger partial charge in [-0.05, 0) is 37.5 Å². The number of hydrogen-bond donors (Lipinski definition) is 3. The minimum Gasteiger partial charge on any atom is -0.462 e. The van der Waals surface area contributed by atoms with Gasteiger partial charge in [0, 0.05) is 25.7 Å². The van der Waals surface area contributed by atoms with Gasteiger partial charge >= 0.3 is 39.5 Å². The number of phosphoric acid groups is 2. The third-order valence-electron chi connectivity index (χ3n) is 18.6. The summed E-state index contributed by atoms with van der Waals surface area (Å²) >= 11 is 0. The van der Waals surface area contributed by atoms with E-state index in [1.165, 1.54) is 225 Å². The van der Waals surface area contributed by atoms with Crippen molar-refractivity contribution in [2.45, 2.75) is 426 Å². The SMILES string of the molecule is CCCCCCCCCCCCCCCCCC(=O)OC[C@H](COP(=O)(O)OC[C@@H](O)COP(=O)(O)OC[C@@H](COC(=O)CCCCCCCCCCC)OC(=O)CCCCCCCCCCCCC(C)CC)OC(=O)CCCCCCCCCCCCCCCCCCC(C)C. The third-order valence-corrected chi connectivity index (χ3v) is 20.5. The van der Waals surface area contributed by atoms with E-state index in [0.717, 1.165) is 102 Å². The van der Waals surface area contributed by atoms with Crippen molar-refractivity contribution in [3.63, 3.8) is 0 Å². The molecule has 0 aromatic carbocycles.